The van der Waals surface area contributed by atoms with E-state index in [0.29, 0.717) is 0 Å². The summed E-state index contributed by atoms with van der Waals surface area (Å²) in [5.41, 5.74) is 0.962. The van der Waals surface area contributed by atoms with Crippen LogP contribution in [0.3, 0.4) is 0 Å². The maximum absolute atomic E-state index is 5.89. The van der Waals surface area contributed by atoms with Crippen molar-refractivity contribution >= 4 is 22.9 Å². The van der Waals surface area contributed by atoms with Crippen LogP contribution in [0.5, 0.6) is 0 Å². The number of hydrogen-bond donors (Lipinski definition) is 0. The molecule has 1 unspecified atom stereocenters. The summed E-state index contributed by atoms with van der Waals surface area (Å²) in [6.07, 6.45) is 1.68. The Morgan fingerprint density at radius 3 is 2.79 bits per heavy atom. The second kappa shape index (κ2) is 3.71. The highest BCUT2D eigenvalue weighted by atomic mass is 35.5. The molecule has 0 aliphatic rings. The highest BCUT2D eigenvalue weighted by Gasteiger charge is 2.11. The van der Waals surface area contributed by atoms with E-state index in [4.69, 9.17) is 16.0 Å². The zero-order valence-corrected chi connectivity index (χ0v) is 9.39. The van der Waals surface area contributed by atoms with Crippen LogP contribution in [-0.4, -0.2) is 10.2 Å². The summed E-state index contributed by atoms with van der Waals surface area (Å²) in [4.78, 5) is 0. The maximum Gasteiger partial charge on any atom is 0.151 e. The van der Waals surface area contributed by atoms with Crippen molar-refractivity contribution in [2.75, 3.05) is 0 Å². The van der Waals surface area contributed by atoms with Crippen LogP contribution in [0.25, 0.3) is 10.6 Å². The molecule has 0 spiro atoms. The first-order chi connectivity index (χ1) is 6.66. The van der Waals surface area contributed by atoms with E-state index in [2.05, 4.69) is 10.2 Å². The molecule has 14 heavy (non-hydrogen) atoms. The largest absolute Gasteiger partial charge is 0.469 e. The predicted octanol–water partition coefficient (Wildman–Crippen LogP) is 3.41. The van der Waals surface area contributed by atoms with Gasteiger partial charge in [-0.25, -0.2) is 0 Å². The van der Waals surface area contributed by atoms with Crippen molar-refractivity contribution in [2.45, 2.75) is 19.2 Å². The van der Waals surface area contributed by atoms with E-state index >= 15 is 0 Å². The minimum absolute atomic E-state index is 0.0887. The van der Waals surface area contributed by atoms with Gasteiger partial charge < -0.3 is 4.42 Å². The standard InChI is InChI=1S/C9H9ClN2OS/c1-5-3-7(4-13-5)9-12-11-8(14-9)6(2)10/h3-4,6H,1-2H3. The molecule has 2 aromatic rings. The summed E-state index contributed by atoms with van der Waals surface area (Å²) >= 11 is 7.39. The lowest BCUT2D eigenvalue weighted by Crippen LogP contribution is -1.80. The van der Waals surface area contributed by atoms with Gasteiger partial charge in [0.15, 0.2) is 5.01 Å². The molecule has 3 nitrogen and oxygen atoms in total. The van der Waals surface area contributed by atoms with Gasteiger partial charge in [-0.2, -0.15) is 0 Å². The highest BCUT2D eigenvalue weighted by Crippen LogP contribution is 2.29. The molecule has 5 heteroatoms. The highest BCUT2D eigenvalue weighted by molar-refractivity contribution is 7.15. The van der Waals surface area contributed by atoms with E-state index < -0.39 is 0 Å². The third kappa shape index (κ3) is 1.81. The molecule has 2 heterocycles. The molecule has 0 amide bonds. The number of furan rings is 1. The predicted molar refractivity (Wildman–Crippen MR) is 56.6 cm³/mol. The van der Waals surface area contributed by atoms with Gasteiger partial charge in [-0.3, -0.25) is 0 Å². The lowest BCUT2D eigenvalue weighted by Gasteiger charge is -1.90. The molecule has 0 saturated carbocycles. The third-order valence-electron chi connectivity index (χ3n) is 1.76. The fourth-order valence-corrected chi connectivity index (χ4v) is 1.99. The molecule has 0 N–H and O–H groups in total. The van der Waals surface area contributed by atoms with Gasteiger partial charge in [-0.15, -0.1) is 21.8 Å². The molecule has 0 radical (unpaired) electrons. The molecule has 0 aliphatic heterocycles. The van der Waals surface area contributed by atoms with Crippen LogP contribution in [0.1, 0.15) is 23.1 Å². The Balaban J connectivity index is 2.33. The average Bonchev–Trinajstić information content (AvgIpc) is 2.70. The third-order valence-corrected chi connectivity index (χ3v) is 3.25. The topological polar surface area (TPSA) is 38.9 Å². The van der Waals surface area contributed by atoms with E-state index in [0.717, 1.165) is 21.3 Å². The lowest BCUT2D eigenvalue weighted by molar-refractivity contribution is 0.535. The molecule has 0 aromatic carbocycles. The number of rotatable bonds is 2. The lowest BCUT2D eigenvalue weighted by atomic mass is 10.3. The van der Waals surface area contributed by atoms with Crippen LogP contribution in [0.15, 0.2) is 16.7 Å². The van der Waals surface area contributed by atoms with Crippen molar-refractivity contribution < 1.29 is 4.42 Å². The number of nitrogens with zero attached hydrogens (tertiary/aromatic N) is 2. The van der Waals surface area contributed by atoms with Crippen molar-refractivity contribution in [1.29, 1.82) is 0 Å². The van der Waals surface area contributed by atoms with E-state index in [1.54, 1.807) is 6.26 Å². The zero-order chi connectivity index (χ0) is 10.1. The van der Waals surface area contributed by atoms with Crippen molar-refractivity contribution in [2.24, 2.45) is 0 Å². The number of hydrogen-bond acceptors (Lipinski definition) is 4. The first-order valence-corrected chi connectivity index (χ1v) is 5.45. The Morgan fingerprint density at radius 1 is 1.50 bits per heavy atom. The van der Waals surface area contributed by atoms with Gasteiger partial charge in [0.2, 0.25) is 0 Å². The van der Waals surface area contributed by atoms with E-state index in [1.807, 2.05) is 19.9 Å². The Kier molecular flexibility index (Phi) is 2.56. The van der Waals surface area contributed by atoms with Crippen LogP contribution in [0.2, 0.25) is 0 Å². The Labute approximate surface area is 90.7 Å². The molecule has 0 saturated heterocycles. The second-order valence-corrected chi connectivity index (χ2v) is 4.67. The van der Waals surface area contributed by atoms with Crippen LogP contribution in [-0.2, 0) is 0 Å². The van der Waals surface area contributed by atoms with Crippen LogP contribution < -0.4 is 0 Å². The van der Waals surface area contributed by atoms with Crippen molar-refractivity contribution in [3.8, 4) is 10.6 Å². The minimum atomic E-state index is -0.0887. The van der Waals surface area contributed by atoms with Crippen LogP contribution >= 0.6 is 22.9 Å². The van der Waals surface area contributed by atoms with E-state index in [-0.39, 0.29) is 5.38 Å². The molecular weight excluding hydrogens is 220 g/mol. The van der Waals surface area contributed by atoms with Gasteiger partial charge in [0.25, 0.3) is 0 Å². The summed E-state index contributed by atoms with van der Waals surface area (Å²) in [6, 6.07) is 1.93. The zero-order valence-electron chi connectivity index (χ0n) is 7.82. The van der Waals surface area contributed by atoms with Gasteiger partial charge in [-0.05, 0) is 19.9 Å². The SMILES string of the molecule is Cc1cc(-c2nnc(C(C)Cl)s2)co1. The number of aryl methyl sites for hydroxylation is 1. The summed E-state index contributed by atoms with van der Waals surface area (Å²) in [5.74, 6) is 0.871. The van der Waals surface area contributed by atoms with Gasteiger partial charge in [0.1, 0.15) is 17.0 Å². The molecule has 0 aliphatic carbocycles. The smallest absolute Gasteiger partial charge is 0.151 e. The van der Waals surface area contributed by atoms with Crippen LogP contribution in [0.4, 0.5) is 0 Å². The number of alkyl halides is 1. The summed E-state index contributed by atoms with van der Waals surface area (Å²) < 4.78 is 5.19. The first kappa shape index (κ1) is 9.68. The summed E-state index contributed by atoms with van der Waals surface area (Å²) in [7, 11) is 0. The molecule has 0 bridgehead atoms. The fraction of sp³-hybridized carbons (Fsp3) is 0.333. The molecular formula is C9H9ClN2OS. The number of halogens is 1. The number of aromatic nitrogens is 2. The average molecular weight is 229 g/mol. The fourth-order valence-electron chi connectivity index (χ4n) is 1.07. The monoisotopic (exact) mass is 228 g/mol. The van der Waals surface area contributed by atoms with Crippen LogP contribution in [0, 0.1) is 6.92 Å². The van der Waals surface area contributed by atoms with Gasteiger partial charge >= 0.3 is 0 Å². The second-order valence-electron chi connectivity index (χ2n) is 3.01. The first-order valence-electron chi connectivity index (χ1n) is 4.20. The normalized spacial score (nSPS) is 13.1. The molecule has 2 rings (SSSR count). The van der Waals surface area contributed by atoms with Crippen molar-refractivity contribution in [3.05, 3.63) is 23.1 Å². The quantitative estimate of drug-likeness (QED) is 0.740. The van der Waals surface area contributed by atoms with E-state index in [1.165, 1.54) is 11.3 Å². The van der Waals surface area contributed by atoms with Gasteiger partial charge in [0.05, 0.1) is 10.9 Å². The maximum atomic E-state index is 5.89. The van der Waals surface area contributed by atoms with Gasteiger partial charge in [0, 0.05) is 0 Å². The molecule has 0 fully saturated rings. The Bertz CT molecular complexity index is 435. The summed E-state index contributed by atoms with van der Waals surface area (Å²) in [6.45, 7) is 3.78. The molecule has 74 valence electrons. The summed E-state index contributed by atoms with van der Waals surface area (Å²) in [5, 5.41) is 9.64. The Morgan fingerprint density at radius 2 is 2.29 bits per heavy atom. The minimum Gasteiger partial charge on any atom is -0.469 e. The van der Waals surface area contributed by atoms with E-state index in [9.17, 15) is 0 Å². The van der Waals surface area contributed by atoms with Crippen molar-refractivity contribution in [1.82, 2.24) is 10.2 Å². The Hall–Kier alpha value is -0.870. The molecule has 2 aromatic heterocycles. The van der Waals surface area contributed by atoms with Crippen molar-refractivity contribution in [3.63, 3.8) is 0 Å². The van der Waals surface area contributed by atoms with Gasteiger partial charge in [-0.1, -0.05) is 11.3 Å². The molecule has 1 atom stereocenters.